The van der Waals surface area contributed by atoms with Crippen LogP contribution >= 0.6 is 11.3 Å². The highest BCUT2D eigenvalue weighted by atomic mass is 32.1. The van der Waals surface area contributed by atoms with Crippen LogP contribution in [-0.2, 0) is 19.4 Å². The highest BCUT2D eigenvalue weighted by Gasteiger charge is 2.35. The van der Waals surface area contributed by atoms with Gasteiger partial charge in [-0.3, -0.25) is 9.48 Å². The average molecular weight is 448 g/mol. The van der Waals surface area contributed by atoms with Crippen molar-refractivity contribution in [1.82, 2.24) is 14.8 Å². The molecule has 0 atom stereocenters. The number of thiazole rings is 1. The van der Waals surface area contributed by atoms with Gasteiger partial charge in [-0.2, -0.15) is 18.3 Å². The Morgan fingerprint density at radius 1 is 1.13 bits per heavy atom. The van der Waals surface area contributed by atoms with Crippen LogP contribution in [0.4, 0.5) is 23.4 Å². The summed E-state index contributed by atoms with van der Waals surface area (Å²) in [5, 5.41) is 7.06. The zero-order valence-electron chi connectivity index (χ0n) is 16.2. The number of fused-ring (bicyclic) bond motifs is 1. The first kappa shape index (κ1) is 21.0. The van der Waals surface area contributed by atoms with E-state index >= 15 is 0 Å². The fourth-order valence-electron chi connectivity index (χ4n) is 3.26. The number of para-hydroxylation sites is 1. The number of aromatic nitrogens is 3. The van der Waals surface area contributed by atoms with Gasteiger partial charge in [0.2, 0.25) is 0 Å². The molecule has 2 aromatic heterocycles. The lowest BCUT2D eigenvalue weighted by atomic mass is 10.1. The number of benzene rings is 2. The third-order valence-corrected chi connectivity index (χ3v) is 5.70. The van der Waals surface area contributed by atoms with Crippen molar-refractivity contribution in [3.05, 3.63) is 75.2 Å². The van der Waals surface area contributed by atoms with E-state index < -0.39 is 24.3 Å². The molecule has 0 unspecified atom stereocenters. The first-order valence-corrected chi connectivity index (χ1v) is 10.1. The van der Waals surface area contributed by atoms with Gasteiger partial charge >= 0.3 is 6.18 Å². The summed E-state index contributed by atoms with van der Waals surface area (Å²) in [5.74, 6) is -0.462. The van der Waals surface area contributed by atoms with E-state index in [1.807, 2.05) is 0 Å². The molecule has 0 spiro atoms. The van der Waals surface area contributed by atoms with Crippen LogP contribution < -0.4 is 5.32 Å². The molecule has 0 fully saturated rings. The Labute approximate surface area is 178 Å². The number of carbonyl (C=O) groups excluding carboxylic acids is 1. The number of hydrogen-bond acceptors (Lipinski definition) is 4. The highest BCUT2D eigenvalue weighted by Crippen LogP contribution is 2.37. The summed E-state index contributed by atoms with van der Waals surface area (Å²) in [6, 6.07) is 10.2. The molecule has 5 nitrogen and oxygen atoms in total. The van der Waals surface area contributed by atoms with Crippen molar-refractivity contribution in [3.8, 4) is 0 Å². The molecule has 1 amide bonds. The van der Waals surface area contributed by atoms with Crippen LogP contribution in [0, 0.1) is 6.92 Å². The molecule has 4 aromatic rings. The third-order valence-electron chi connectivity index (χ3n) is 4.77. The van der Waals surface area contributed by atoms with Gasteiger partial charge in [0.15, 0.2) is 5.82 Å². The van der Waals surface area contributed by atoms with Gasteiger partial charge in [-0.1, -0.05) is 30.3 Å². The Morgan fingerprint density at radius 3 is 2.45 bits per heavy atom. The molecule has 0 saturated carbocycles. The van der Waals surface area contributed by atoms with Gasteiger partial charge in [0.05, 0.1) is 28.8 Å². The molecule has 0 aliphatic rings. The molecule has 1 N–H and O–H groups in total. The predicted octanol–water partition coefficient (Wildman–Crippen LogP) is 5.59. The second-order valence-corrected chi connectivity index (χ2v) is 7.73. The first-order valence-electron chi connectivity index (χ1n) is 9.20. The molecule has 0 radical (unpaired) electrons. The Bertz CT molecular complexity index is 1240. The van der Waals surface area contributed by atoms with Crippen LogP contribution in [0.1, 0.15) is 32.1 Å². The summed E-state index contributed by atoms with van der Waals surface area (Å²) in [7, 11) is 0. The van der Waals surface area contributed by atoms with Gasteiger partial charge in [-0.05, 0) is 30.2 Å². The zero-order valence-corrected chi connectivity index (χ0v) is 17.0. The minimum absolute atomic E-state index is 0.0195. The standard InChI is InChI=1S/C21H16F4N4OS/c1-12-18(31-11-26-12)20(30)27-19-15-3-2-4-16(21(23,24)25)17(15)29(28-19)10-14-7-5-13(9-22)6-8-14/h2-8,11H,9-10H2,1H3,(H,27,28,30). The number of anilines is 1. The highest BCUT2D eigenvalue weighted by molar-refractivity contribution is 7.12. The normalized spacial score (nSPS) is 11.8. The molecule has 0 aliphatic heterocycles. The SMILES string of the molecule is Cc1ncsc1C(=O)Nc1nn(Cc2ccc(CF)cc2)c2c(C(F)(F)F)cccc12. The second kappa shape index (κ2) is 8.10. The summed E-state index contributed by atoms with van der Waals surface area (Å²) in [5.41, 5.74) is 2.17. The Balaban J connectivity index is 1.80. The summed E-state index contributed by atoms with van der Waals surface area (Å²) in [4.78, 5) is 17.0. The minimum atomic E-state index is -4.61. The number of alkyl halides is 4. The maximum Gasteiger partial charge on any atom is 0.418 e. The second-order valence-electron chi connectivity index (χ2n) is 6.88. The number of nitrogens with one attached hydrogen (secondary N) is 1. The van der Waals surface area contributed by atoms with Crippen LogP contribution in [0.25, 0.3) is 10.9 Å². The van der Waals surface area contributed by atoms with Crippen molar-refractivity contribution < 1.29 is 22.4 Å². The topological polar surface area (TPSA) is 59.8 Å². The molecule has 2 heterocycles. The number of aryl methyl sites for hydroxylation is 1. The number of halogens is 4. The van der Waals surface area contributed by atoms with Gasteiger partial charge in [-0.15, -0.1) is 11.3 Å². The lowest BCUT2D eigenvalue weighted by molar-refractivity contribution is -0.136. The molecule has 2 aromatic carbocycles. The van der Waals surface area contributed by atoms with Crippen molar-refractivity contribution in [2.75, 3.05) is 5.32 Å². The lowest BCUT2D eigenvalue weighted by Crippen LogP contribution is -2.13. The van der Waals surface area contributed by atoms with Crippen molar-refractivity contribution >= 4 is 34.0 Å². The largest absolute Gasteiger partial charge is 0.418 e. The first-order chi connectivity index (χ1) is 14.8. The van der Waals surface area contributed by atoms with E-state index in [0.29, 0.717) is 21.7 Å². The van der Waals surface area contributed by atoms with E-state index in [4.69, 9.17) is 0 Å². The molecular weight excluding hydrogens is 432 g/mol. The maximum atomic E-state index is 13.7. The lowest BCUT2D eigenvalue weighted by Gasteiger charge is -2.11. The molecule has 160 valence electrons. The summed E-state index contributed by atoms with van der Waals surface area (Å²) >= 11 is 1.13. The maximum absolute atomic E-state index is 13.7. The number of amides is 1. The van der Waals surface area contributed by atoms with Crippen LogP contribution in [0.15, 0.2) is 48.0 Å². The van der Waals surface area contributed by atoms with E-state index in [9.17, 15) is 22.4 Å². The van der Waals surface area contributed by atoms with Crippen molar-refractivity contribution in [2.45, 2.75) is 26.3 Å². The fraction of sp³-hybridized carbons (Fsp3) is 0.190. The molecule has 4 rings (SSSR count). The molecular formula is C21H16F4N4OS. The van der Waals surface area contributed by atoms with E-state index in [-0.39, 0.29) is 23.3 Å². The third kappa shape index (κ3) is 4.15. The monoisotopic (exact) mass is 448 g/mol. The number of hydrogen-bond donors (Lipinski definition) is 1. The fourth-order valence-corrected chi connectivity index (χ4v) is 3.96. The van der Waals surface area contributed by atoms with E-state index in [1.54, 1.807) is 31.2 Å². The number of rotatable bonds is 5. The van der Waals surface area contributed by atoms with Crippen LogP contribution in [0.2, 0.25) is 0 Å². The molecule has 31 heavy (non-hydrogen) atoms. The summed E-state index contributed by atoms with van der Waals surface area (Å²) in [6.45, 7) is 1.06. The van der Waals surface area contributed by atoms with Gasteiger partial charge in [0.25, 0.3) is 5.91 Å². The van der Waals surface area contributed by atoms with E-state index in [2.05, 4.69) is 15.4 Å². The Morgan fingerprint density at radius 2 is 1.84 bits per heavy atom. The van der Waals surface area contributed by atoms with Gasteiger partial charge in [0, 0.05) is 5.39 Å². The van der Waals surface area contributed by atoms with Gasteiger partial charge < -0.3 is 5.32 Å². The molecule has 0 saturated heterocycles. The molecule has 0 bridgehead atoms. The quantitative estimate of drug-likeness (QED) is 0.405. The van der Waals surface area contributed by atoms with Crippen molar-refractivity contribution in [2.24, 2.45) is 0 Å². The van der Waals surface area contributed by atoms with Gasteiger partial charge in [0.1, 0.15) is 11.6 Å². The summed E-state index contributed by atoms with van der Waals surface area (Å²) < 4.78 is 55.1. The zero-order chi connectivity index (χ0) is 22.2. The van der Waals surface area contributed by atoms with Crippen molar-refractivity contribution in [1.29, 1.82) is 0 Å². The Kier molecular flexibility index (Phi) is 5.48. The van der Waals surface area contributed by atoms with Crippen LogP contribution in [0.5, 0.6) is 0 Å². The summed E-state index contributed by atoms with van der Waals surface area (Å²) in [6.07, 6.45) is -4.61. The van der Waals surface area contributed by atoms with Crippen LogP contribution in [0.3, 0.4) is 0 Å². The number of carbonyl (C=O) groups is 1. The number of nitrogens with zero attached hydrogens (tertiary/aromatic N) is 3. The predicted molar refractivity (Wildman–Crippen MR) is 110 cm³/mol. The average Bonchev–Trinajstić information content (AvgIpc) is 3.31. The Hall–Kier alpha value is -3.27. The molecule has 0 aliphatic carbocycles. The minimum Gasteiger partial charge on any atom is -0.304 e. The smallest absolute Gasteiger partial charge is 0.304 e. The molecule has 10 heteroatoms. The van der Waals surface area contributed by atoms with E-state index in [1.165, 1.54) is 22.3 Å². The van der Waals surface area contributed by atoms with Crippen molar-refractivity contribution in [3.63, 3.8) is 0 Å². The van der Waals surface area contributed by atoms with E-state index in [0.717, 1.165) is 17.4 Å². The van der Waals surface area contributed by atoms with Gasteiger partial charge in [-0.25, -0.2) is 9.37 Å². The van der Waals surface area contributed by atoms with Crippen LogP contribution in [-0.4, -0.2) is 20.7 Å².